The summed E-state index contributed by atoms with van der Waals surface area (Å²) >= 11 is 0.618. The van der Waals surface area contributed by atoms with Gasteiger partial charge in [-0.1, -0.05) is 17.9 Å². The second-order valence-corrected chi connectivity index (χ2v) is 8.36. The minimum absolute atomic E-state index is 0.0387. The maximum absolute atomic E-state index is 12.8. The number of halogens is 3. The van der Waals surface area contributed by atoms with Crippen molar-refractivity contribution < 1.29 is 18.0 Å². The van der Waals surface area contributed by atoms with E-state index >= 15 is 0 Å². The van der Waals surface area contributed by atoms with Crippen LogP contribution in [-0.4, -0.2) is 39.6 Å². The maximum Gasteiger partial charge on any atom is 0.427 e. The Kier molecular flexibility index (Phi) is 5.61. The van der Waals surface area contributed by atoms with E-state index in [1.807, 2.05) is 17.7 Å². The molecule has 0 radical (unpaired) electrons. The molecule has 1 saturated heterocycles. The number of nitrogens with zero attached hydrogens (tertiary/aromatic N) is 4. The fraction of sp³-hybridized carbons (Fsp3) is 0.350. The van der Waals surface area contributed by atoms with Crippen LogP contribution in [0.15, 0.2) is 37.1 Å². The van der Waals surface area contributed by atoms with Crippen LogP contribution in [0.5, 0.6) is 0 Å². The monoisotopic (exact) mass is 450 g/mol. The number of alkyl halides is 3. The quantitative estimate of drug-likeness (QED) is 0.569. The van der Waals surface area contributed by atoms with Crippen LogP contribution in [-0.2, 0) is 18.0 Å². The highest BCUT2D eigenvalue weighted by molar-refractivity contribution is 7.15. The van der Waals surface area contributed by atoms with Crippen LogP contribution < -0.4 is 15.5 Å². The maximum atomic E-state index is 12.8. The van der Waals surface area contributed by atoms with Gasteiger partial charge in [0.25, 0.3) is 0 Å². The lowest BCUT2D eigenvalue weighted by atomic mass is 10.1. The molecule has 164 valence electrons. The number of amides is 1. The van der Waals surface area contributed by atoms with Crippen molar-refractivity contribution in [3.8, 4) is 0 Å². The fourth-order valence-corrected chi connectivity index (χ4v) is 4.42. The molecule has 1 aliphatic heterocycles. The van der Waals surface area contributed by atoms with Gasteiger partial charge < -0.3 is 20.1 Å². The Balaban J connectivity index is 1.51. The number of hydrogen-bond donors (Lipinski definition) is 2. The smallest absolute Gasteiger partial charge is 0.357 e. The Bertz CT molecular complexity index is 1120. The van der Waals surface area contributed by atoms with E-state index < -0.39 is 11.1 Å². The number of imidazole rings is 1. The summed E-state index contributed by atoms with van der Waals surface area (Å²) in [6.07, 6.45) is -0.609. The van der Waals surface area contributed by atoms with Crippen LogP contribution in [0.3, 0.4) is 0 Å². The van der Waals surface area contributed by atoms with Gasteiger partial charge in [-0.3, -0.25) is 4.79 Å². The molecule has 0 unspecified atom stereocenters. The standard InChI is InChI=1S/C20H21F3N6OS/c1-3-17(30)25-12-6-7-15-14(9-12)27-19(28(15)2)29-8-4-5-13(11-29)26-18-24-10-16(31-18)20(21,22)23/h3,6-7,9-10,13H,1,4-5,8,11H2,2H3,(H,24,26)(H,25,30)/t13-/m1/s1. The van der Waals surface area contributed by atoms with Crippen LogP contribution in [0, 0.1) is 0 Å². The zero-order chi connectivity index (χ0) is 22.2. The number of aryl methyl sites for hydroxylation is 1. The van der Waals surface area contributed by atoms with E-state index in [-0.39, 0.29) is 17.1 Å². The molecule has 7 nitrogen and oxygen atoms in total. The minimum atomic E-state index is -4.38. The zero-order valence-electron chi connectivity index (χ0n) is 16.7. The van der Waals surface area contributed by atoms with Crippen molar-refractivity contribution in [3.05, 3.63) is 41.9 Å². The van der Waals surface area contributed by atoms with Crippen LogP contribution in [0.25, 0.3) is 11.0 Å². The highest BCUT2D eigenvalue weighted by Gasteiger charge is 2.34. The van der Waals surface area contributed by atoms with Crippen molar-refractivity contribution in [2.24, 2.45) is 7.05 Å². The third kappa shape index (κ3) is 4.50. The summed E-state index contributed by atoms with van der Waals surface area (Å²) < 4.78 is 40.4. The van der Waals surface area contributed by atoms with Gasteiger partial charge in [-0.25, -0.2) is 9.97 Å². The van der Waals surface area contributed by atoms with Gasteiger partial charge in [-0.15, -0.1) is 0 Å². The number of nitrogens with one attached hydrogen (secondary N) is 2. The molecule has 3 heterocycles. The zero-order valence-corrected chi connectivity index (χ0v) is 17.6. The van der Waals surface area contributed by atoms with E-state index in [9.17, 15) is 18.0 Å². The van der Waals surface area contributed by atoms with E-state index in [1.54, 1.807) is 12.1 Å². The molecular formula is C20H21F3N6OS. The Morgan fingerprint density at radius 1 is 1.39 bits per heavy atom. The first-order valence-corrected chi connectivity index (χ1v) is 10.5. The first-order valence-electron chi connectivity index (χ1n) is 9.69. The molecule has 4 rings (SSSR count). The molecule has 0 aliphatic carbocycles. The van der Waals surface area contributed by atoms with Gasteiger partial charge >= 0.3 is 6.18 Å². The summed E-state index contributed by atoms with van der Waals surface area (Å²) in [4.78, 5) is 21.5. The van der Waals surface area contributed by atoms with E-state index in [1.165, 1.54) is 6.08 Å². The van der Waals surface area contributed by atoms with Crippen molar-refractivity contribution in [2.45, 2.75) is 25.1 Å². The van der Waals surface area contributed by atoms with Gasteiger partial charge in [0, 0.05) is 31.9 Å². The highest BCUT2D eigenvalue weighted by atomic mass is 32.1. The molecule has 2 aromatic heterocycles. The number of fused-ring (bicyclic) bond motifs is 1. The fourth-order valence-electron chi connectivity index (χ4n) is 3.66. The molecule has 1 aromatic carbocycles. The first kappa shape index (κ1) is 21.2. The summed E-state index contributed by atoms with van der Waals surface area (Å²) in [6, 6.07) is 5.45. The van der Waals surface area contributed by atoms with Crippen molar-refractivity contribution in [1.29, 1.82) is 0 Å². The van der Waals surface area contributed by atoms with E-state index in [0.29, 0.717) is 23.6 Å². The lowest BCUT2D eigenvalue weighted by Crippen LogP contribution is -2.43. The van der Waals surface area contributed by atoms with Crippen molar-refractivity contribution in [3.63, 3.8) is 0 Å². The number of piperidine rings is 1. The average molecular weight is 450 g/mol. The Morgan fingerprint density at radius 3 is 2.90 bits per heavy atom. The van der Waals surface area contributed by atoms with Crippen molar-refractivity contribution in [2.75, 3.05) is 28.6 Å². The van der Waals surface area contributed by atoms with Gasteiger partial charge in [-0.05, 0) is 37.1 Å². The Hall–Kier alpha value is -3.08. The predicted molar refractivity (Wildman–Crippen MR) is 116 cm³/mol. The first-order chi connectivity index (χ1) is 14.7. The summed E-state index contributed by atoms with van der Waals surface area (Å²) in [5.41, 5.74) is 2.28. The number of aromatic nitrogens is 3. The minimum Gasteiger partial charge on any atom is -0.357 e. The van der Waals surface area contributed by atoms with Crippen molar-refractivity contribution >= 4 is 45.0 Å². The molecule has 31 heavy (non-hydrogen) atoms. The summed E-state index contributed by atoms with van der Waals surface area (Å²) in [7, 11) is 1.92. The number of carbonyl (C=O) groups is 1. The number of thiazole rings is 1. The number of anilines is 3. The van der Waals surface area contributed by atoms with Gasteiger partial charge in [0.05, 0.1) is 17.2 Å². The van der Waals surface area contributed by atoms with Gasteiger partial charge in [-0.2, -0.15) is 13.2 Å². The number of rotatable bonds is 5. The van der Waals surface area contributed by atoms with Crippen LogP contribution in [0.1, 0.15) is 17.7 Å². The molecule has 0 saturated carbocycles. The van der Waals surface area contributed by atoms with Crippen LogP contribution >= 0.6 is 11.3 Å². The molecule has 0 bridgehead atoms. The Labute approximate surface area is 180 Å². The second-order valence-electron chi connectivity index (χ2n) is 7.32. The van der Waals surface area contributed by atoms with Crippen molar-refractivity contribution in [1.82, 2.24) is 14.5 Å². The summed E-state index contributed by atoms with van der Waals surface area (Å²) in [6.45, 7) is 4.83. The number of benzene rings is 1. The summed E-state index contributed by atoms with van der Waals surface area (Å²) in [5.74, 6) is 0.472. The summed E-state index contributed by atoms with van der Waals surface area (Å²) in [5, 5.41) is 6.13. The lowest BCUT2D eigenvalue weighted by Gasteiger charge is -2.33. The Morgan fingerprint density at radius 2 is 2.19 bits per heavy atom. The van der Waals surface area contributed by atoms with Gasteiger partial charge in [0.1, 0.15) is 4.88 Å². The average Bonchev–Trinajstić information content (AvgIpc) is 3.33. The molecule has 1 fully saturated rings. The molecule has 0 spiro atoms. The topological polar surface area (TPSA) is 75.1 Å². The van der Waals surface area contributed by atoms with E-state index in [4.69, 9.17) is 4.98 Å². The van der Waals surface area contributed by atoms with Gasteiger partial charge in [0.15, 0.2) is 5.13 Å². The third-order valence-corrected chi connectivity index (χ3v) is 6.10. The molecular weight excluding hydrogens is 429 g/mol. The second kappa shape index (κ2) is 8.22. The SMILES string of the molecule is C=CC(=O)Nc1ccc2c(c1)nc(N1CCC[C@@H](Nc3ncc(C(F)(F)F)s3)C1)n2C. The number of carbonyl (C=O) groups excluding carboxylic acids is 1. The molecule has 3 aromatic rings. The molecule has 11 heteroatoms. The van der Waals surface area contributed by atoms with Crippen LogP contribution in [0.4, 0.5) is 29.9 Å². The highest BCUT2D eigenvalue weighted by Crippen LogP contribution is 2.35. The molecule has 1 atom stereocenters. The largest absolute Gasteiger partial charge is 0.427 e. The van der Waals surface area contributed by atoms with Gasteiger partial charge in [0.2, 0.25) is 11.9 Å². The third-order valence-electron chi connectivity index (χ3n) is 5.13. The predicted octanol–water partition coefficient (Wildman–Crippen LogP) is 4.25. The van der Waals surface area contributed by atoms with E-state index in [0.717, 1.165) is 42.6 Å². The molecule has 1 aliphatic rings. The molecule has 1 amide bonds. The van der Waals surface area contributed by atoms with E-state index in [2.05, 4.69) is 27.1 Å². The lowest BCUT2D eigenvalue weighted by molar-refractivity contribution is -0.134. The van der Waals surface area contributed by atoms with Crippen LogP contribution in [0.2, 0.25) is 0 Å². The normalized spacial score (nSPS) is 17.0. The number of hydrogen-bond acceptors (Lipinski definition) is 6. The molecule has 2 N–H and O–H groups in total.